The fourth-order valence-corrected chi connectivity index (χ4v) is 2.34. The molecule has 0 saturated carbocycles. The van der Waals surface area contributed by atoms with Crippen molar-refractivity contribution >= 4 is 35.1 Å². The van der Waals surface area contributed by atoms with E-state index in [2.05, 4.69) is 0 Å². The molecule has 0 amide bonds. The Hall–Kier alpha value is -1.21. The first-order chi connectivity index (χ1) is 9.10. The van der Waals surface area contributed by atoms with Crippen LogP contribution in [0.15, 0.2) is 23.1 Å². The molecular formula is C12H10ClF3O3S. The number of carboxylic acid groups (broad SMARTS) is 1. The van der Waals surface area contributed by atoms with E-state index in [1.165, 1.54) is 13.0 Å². The minimum Gasteiger partial charge on any atom is -0.481 e. The normalized spacial score (nSPS) is 13.1. The van der Waals surface area contributed by atoms with Crippen molar-refractivity contribution in [3.8, 4) is 0 Å². The molecule has 1 atom stereocenters. The Morgan fingerprint density at radius 1 is 1.40 bits per heavy atom. The molecule has 0 fully saturated rings. The van der Waals surface area contributed by atoms with Crippen molar-refractivity contribution in [3.63, 3.8) is 0 Å². The number of hydrogen-bond acceptors (Lipinski definition) is 3. The first-order valence-electron chi connectivity index (χ1n) is 5.35. The van der Waals surface area contributed by atoms with E-state index in [1.54, 1.807) is 0 Å². The molecular weight excluding hydrogens is 317 g/mol. The van der Waals surface area contributed by atoms with Gasteiger partial charge in [0.25, 0.3) is 0 Å². The third kappa shape index (κ3) is 5.05. The van der Waals surface area contributed by atoms with Gasteiger partial charge in [-0.2, -0.15) is 13.2 Å². The van der Waals surface area contributed by atoms with E-state index in [1.807, 2.05) is 0 Å². The molecule has 8 heteroatoms. The van der Waals surface area contributed by atoms with Crippen molar-refractivity contribution in [2.45, 2.75) is 29.1 Å². The molecule has 1 unspecified atom stereocenters. The Morgan fingerprint density at radius 3 is 2.45 bits per heavy atom. The van der Waals surface area contributed by atoms with Crippen LogP contribution in [0.2, 0.25) is 0 Å². The van der Waals surface area contributed by atoms with Gasteiger partial charge in [0.1, 0.15) is 5.38 Å². The van der Waals surface area contributed by atoms with Crippen LogP contribution in [0.3, 0.4) is 0 Å². The summed E-state index contributed by atoms with van der Waals surface area (Å²) >= 11 is 5.49. The second kappa shape index (κ2) is 6.49. The number of benzene rings is 1. The zero-order valence-electron chi connectivity index (χ0n) is 10.2. The molecule has 110 valence electrons. The van der Waals surface area contributed by atoms with Gasteiger partial charge >= 0.3 is 11.5 Å². The van der Waals surface area contributed by atoms with Crippen molar-refractivity contribution in [1.82, 2.24) is 0 Å². The molecule has 1 N–H and O–H groups in total. The van der Waals surface area contributed by atoms with Crippen LogP contribution in [-0.2, 0) is 16.0 Å². The number of Topliss-reactive ketones (excluding diaryl/α,β-unsaturated/α-hetero) is 1. The Kier molecular flexibility index (Phi) is 5.47. The van der Waals surface area contributed by atoms with Crippen LogP contribution in [0.5, 0.6) is 0 Å². The molecule has 0 heterocycles. The second-order valence-corrected chi connectivity index (χ2v) is 5.53. The van der Waals surface area contributed by atoms with Gasteiger partial charge in [0, 0.05) is 4.90 Å². The highest BCUT2D eigenvalue weighted by molar-refractivity contribution is 8.00. The van der Waals surface area contributed by atoms with E-state index < -0.39 is 29.1 Å². The molecule has 0 aliphatic heterocycles. The fourth-order valence-electron chi connectivity index (χ4n) is 1.55. The minimum absolute atomic E-state index is 0.0933. The van der Waals surface area contributed by atoms with Gasteiger partial charge in [0.05, 0.1) is 6.42 Å². The van der Waals surface area contributed by atoms with Crippen LogP contribution < -0.4 is 0 Å². The van der Waals surface area contributed by atoms with Gasteiger partial charge in [-0.1, -0.05) is 6.07 Å². The van der Waals surface area contributed by atoms with E-state index in [0.717, 1.165) is 12.1 Å². The number of ketones is 1. The summed E-state index contributed by atoms with van der Waals surface area (Å²) < 4.78 is 36.9. The summed E-state index contributed by atoms with van der Waals surface area (Å²) in [5.74, 6) is -1.62. The van der Waals surface area contributed by atoms with E-state index in [9.17, 15) is 22.8 Å². The van der Waals surface area contributed by atoms with Crippen molar-refractivity contribution in [3.05, 3.63) is 29.3 Å². The van der Waals surface area contributed by atoms with Gasteiger partial charge < -0.3 is 5.11 Å². The summed E-state index contributed by atoms with van der Waals surface area (Å²) in [7, 11) is 0. The predicted octanol–water partition coefficient (Wildman–Crippen LogP) is 3.79. The molecule has 3 nitrogen and oxygen atoms in total. The third-order valence-electron chi connectivity index (χ3n) is 2.32. The molecule has 0 saturated heterocycles. The third-order valence-corrected chi connectivity index (χ3v) is 3.59. The van der Waals surface area contributed by atoms with Gasteiger partial charge in [0.2, 0.25) is 0 Å². The highest BCUT2D eigenvalue weighted by Crippen LogP contribution is 2.39. The molecule has 0 aliphatic rings. The van der Waals surface area contributed by atoms with Gasteiger partial charge in [-0.25, -0.2) is 0 Å². The van der Waals surface area contributed by atoms with Crippen LogP contribution in [0.25, 0.3) is 0 Å². The smallest absolute Gasteiger partial charge is 0.446 e. The van der Waals surface area contributed by atoms with Gasteiger partial charge in [-0.05, 0) is 41.9 Å². The molecule has 0 radical (unpaired) electrons. The minimum atomic E-state index is -4.47. The number of carbonyl (C=O) groups is 2. The number of alkyl halides is 4. The fraction of sp³-hybridized carbons (Fsp3) is 0.333. The Labute approximate surface area is 122 Å². The number of hydrogen-bond donors (Lipinski definition) is 1. The lowest BCUT2D eigenvalue weighted by atomic mass is 10.00. The summed E-state index contributed by atoms with van der Waals surface area (Å²) in [5.41, 5.74) is -4.15. The highest BCUT2D eigenvalue weighted by Gasteiger charge is 2.30. The molecule has 0 spiro atoms. The van der Waals surface area contributed by atoms with Crippen molar-refractivity contribution < 1.29 is 27.9 Å². The lowest BCUT2D eigenvalue weighted by Gasteiger charge is -2.14. The molecule has 1 aromatic carbocycles. The number of rotatable bonds is 5. The van der Waals surface area contributed by atoms with E-state index >= 15 is 0 Å². The van der Waals surface area contributed by atoms with Crippen molar-refractivity contribution in [2.24, 2.45) is 0 Å². The standard InChI is InChI=1S/C12H10ClF3O3S/c1-6(17)11(13)9-5-8(20-12(14,15)16)3-2-7(9)4-10(18)19/h2-3,5,11H,4H2,1H3,(H,18,19). The van der Waals surface area contributed by atoms with Crippen LogP contribution in [0, 0.1) is 0 Å². The van der Waals surface area contributed by atoms with Crippen LogP contribution in [0.4, 0.5) is 13.2 Å². The number of carbonyl (C=O) groups excluding carboxylic acids is 1. The van der Waals surface area contributed by atoms with E-state index in [0.29, 0.717) is 0 Å². The molecule has 20 heavy (non-hydrogen) atoms. The average Bonchev–Trinajstić information content (AvgIpc) is 2.27. The zero-order valence-corrected chi connectivity index (χ0v) is 11.8. The largest absolute Gasteiger partial charge is 0.481 e. The summed E-state index contributed by atoms with van der Waals surface area (Å²) in [6.07, 6.45) is -0.414. The summed E-state index contributed by atoms with van der Waals surface area (Å²) in [4.78, 5) is 21.8. The number of aliphatic carboxylic acids is 1. The van der Waals surface area contributed by atoms with Gasteiger partial charge in [-0.3, -0.25) is 9.59 Å². The Balaban J connectivity index is 3.21. The lowest BCUT2D eigenvalue weighted by Crippen LogP contribution is -2.10. The summed E-state index contributed by atoms with van der Waals surface area (Å²) in [6.45, 7) is 1.19. The maximum atomic E-state index is 12.3. The molecule has 0 aliphatic carbocycles. The number of thioether (sulfide) groups is 1. The highest BCUT2D eigenvalue weighted by atomic mass is 35.5. The Morgan fingerprint density at radius 2 is 2.00 bits per heavy atom. The molecule has 0 aromatic heterocycles. The lowest BCUT2D eigenvalue weighted by molar-refractivity contribution is -0.136. The quantitative estimate of drug-likeness (QED) is 0.660. The number of carboxylic acids is 1. The topological polar surface area (TPSA) is 54.4 Å². The zero-order chi connectivity index (χ0) is 15.5. The van der Waals surface area contributed by atoms with Gasteiger partial charge in [0.15, 0.2) is 5.78 Å². The van der Waals surface area contributed by atoms with Crippen LogP contribution >= 0.6 is 23.4 Å². The van der Waals surface area contributed by atoms with Gasteiger partial charge in [-0.15, -0.1) is 11.6 Å². The van der Waals surface area contributed by atoms with Crippen LogP contribution in [0.1, 0.15) is 23.4 Å². The summed E-state index contributed by atoms with van der Waals surface area (Å²) in [5, 5.41) is 7.59. The molecule has 0 bridgehead atoms. The van der Waals surface area contributed by atoms with Crippen molar-refractivity contribution in [1.29, 1.82) is 0 Å². The maximum Gasteiger partial charge on any atom is 0.446 e. The van der Waals surface area contributed by atoms with E-state index in [4.69, 9.17) is 16.7 Å². The van der Waals surface area contributed by atoms with E-state index in [-0.39, 0.29) is 27.8 Å². The maximum absolute atomic E-state index is 12.3. The van der Waals surface area contributed by atoms with Crippen molar-refractivity contribution in [2.75, 3.05) is 0 Å². The molecule has 1 rings (SSSR count). The summed E-state index contributed by atoms with van der Waals surface area (Å²) in [6, 6.07) is 3.51. The number of halogens is 4. The first-order valence-corrected chi connectivity index (χ1v) is 6.60. The SMILES string of the molecule is CC(=O)C(Cl)c1cc(SC(F)(F)F)ccc1CC(=O)O. The monoisotopic (exact) mass is 326 g/mol. The first kappa shape index (κ1) is 16.8. The predicted molar refractivity (Wildman–Crippen MR) is 69.0 cm³/mol. The Bertz CT molecular complexity index is 531. The van der Waals surface area contributed by atoms with Crippen LogP contribution in [-0.4, -0.2) is 22.4 Å². The average molecular weight is 327 g/mol. The second-order valence-electron chi connectivity index (χ2n) is 3.95. The molecule has 1 aromatic rings.